The maximum absolute atomic E-state index is 12.8. The molecule has 0 saturated carbocycles. The Kier molecular flexibility index (Phi) is 1.81. The lowest BCUT2D eigenvalue weighted by atomic mass is 10.1. The fourth-order valence-electron chi connectivity index (χ4n) is 0.826. The van der Waals surface area contributed by atoms with Crippen molar-refractivity contribution in [3.8, 4) is 5.75 Å². The molecule has 1 aromatic carbocycles. The number of aryl methyl sites for hydroxylation is 1. The van der Waals surface area contributed by atoms with E-state index in [9.17, 15) is 8.78 Å². The molecule has 0 amide bonds. The molecule has 1 N–H and O–H groups in total. The molecule has 0 saturated heterocycles. The number of benzene rings is 1. The second-order valence-electron chi connectivity index (χ2n) is 2.46. The molecule has 0 atom stereocenters. The zero-order valence-corrected chi connectivity index (χ0v) is 6.28. The van der Waals surface area contributed by atoms with E-state index in [-0.39, 0.29) is 11.1 Å². The van der Waals surface area contributed by atoms with E-state index in [4.69, 9.17) is 5.11 Å². The number of halogens is 2. The first-order valence-electron chi connectivity index (χ1n) is 3.18. The number of hydrogen-bond acceptors (Lipinski definition) is 1. The molecule has 3 heteroatoms. The summed E-state index contributed by atoms with van der Waals surface area (Å²) in [7, 11) is 0. The molecule has 1 rings (SSSR count). The summed E-state index contributed by atoms with van der Waals surface area (Å²) in [6.45, 7) is 2.73. The molecule has 0 fully saturated rings. The Labute approximate surface area is 63.3 Å². The van der Waals surface area contributed by atoms with Crippen molar-refractivity contribution in [3.63, 3.8) is 0 Å². The predicted octanol–water partition coefficient (Wildman–Crippen LogP) is 2.29. The monoisotopic (exact) mass is 158 g/mol. The normalized spacial score (nSPS) is 10.2. The van der Waals surface area contributed by atoms with Gasteiger partial charge in [-0.1, -0.05) is 0 Å². The molecule has 0 aliphatic rings. The molecule has 0 heterocycles. The van der Waals surface area contributed by atoms with Crippen LogP contribution in [0.2, 0.25) is 0 Å². The fourth-order valence-corrected chi connectivity index (χ4v) is 0.826. The van der Waals surface area contributed by atoms with Crippen molar-refractivity contribution >= 4 is 0 Å². The van der Waals surface area contributed by atoms with Crippen molar-refractivity contribution < 1.29 is 13.9 Å². The SMILES string of the molecule is Cc1cc(F)c(C)c(O)c1F. The van der Waals surface area contributed by atoms with Gasteiger partial charge >= 0.3 is 0 Å². The van der Waals surface area contributed by atoms with Crippen molar-refractivity contribution in [3.05, 3.63) is 28.8 Å². The zero-order valence-electron chi connectivity index (χ0n) is 6.28. The number of phenols is 1. The zero-order chi connectivity index (χ0) is 8.59. The van der Waals surface area contributed by atoms with Gasteiger partial charge in [0.25, 0.3) is 0 Å². The van der Waals surface area contributed by atoms with Gasteiger partial charge in [-0.15, -0.1) is 0 Å². The molecular formula is C8H8F2O. The third kappa shape index (κ3) is 1.18. The van der Waals surface area contributed by atoms with Crippen molar-refractivity contribution in [2.75, 3.05) is 0 Å². The first kappa shape index (κ1) is 7.98. The van der Waals surface area contributed by atoms with E-state index in [0.29, 0.717) is 0 Å². The molecular weight excluding hydrogens is 150 g/mol. The fraction of sp³-hybridized carbons (Fsp3) is 0.250. The molecule has 60 valence electrons. The smallest absolute Gasteiger partial charge is 0.168 e. The van der Waals surface area contributed by atoms with Crippen LogP contribution in [0.15, 0.2) is 6.07 Å². The predicted molar refractivity (Wildman–Crippen MR) is 37.5 cm³/mol. The van der Waals surface area contributed by atoms with Crippen LogP contribution in [0.25, 0.3) is 0 Å². The Morgan fingerprint density at radius 3 is 2.36 bits per heavy atom. The van der Waals surface area contributed by atoms with Crippen molar-refractivity contribution in [1.29, 1.82) is 0 Å². The van der Waals surface area contributed by atoms with Crippen LogP contribution in [0, 0.1) is 25.5 Å². The van der Waals surface area contributed by atoms with E-state index in [1.54, 1.807) is 0 Å². The van der Waals surface area contributed by atoms with Crippen LogP contribution in [0.4, 0.5) is 8.78 Å². The highest BCUT2D eigenvalue weighted by atomic mass is 19.1. The summed E-state index contributed by atoms with van der Waals surface area (Å²) >= 11 is 0. The lowest BCUT2D eigenvalue weighted by Crippen LogP contribution is -1.90. The highest BCUT2D eigenvalue weighted by molar-refractivity contribution is 5.37. The standard InChI is InChI=1S/C8H8F2O/c1-4-3-6(9)5(2)8(11)7(4)10/h3,11H,1-2H3. The number of aromatic hydroxyl groups is 1. The van der Waals surface area contributed by atoms with Crippen LogP contribution in [-0.2, 0) is 0 Å². The Morgan fingerprint density at radius 2 is 1.82 bits per heavy atom. The van der Waals surface area contributed by atoms with E-state index < -0.39 is 17.4 Å². The number of hydrogen-bond donors (Lipinski definition) is 1. The molecule has 0 radical (unpaired) electrons. The summed E-state index contributed by atoms with van der Waals surface area (Å²) < 4.78 is 25.4. The van der Waals surface area contributed by atoms with Crippen molar-refractivity contribution in [1.82, 2.24) is 0 Å². The second kappa shape index (κ2) is 2.49. The summed E-state index contributed by atoms with van der Waals surface area (Å²) in [5.74, 6) is -1.92. The van der Waals surface area contributed by atoms with Crippen molar-refractivity contribution in [2.45, 2.75) is 13.8 Å². The van der Waals surface area contributed by atoms with E-state index in [2.05, 4.69) is 0 Å². The second-order valence-corrected chi connectivity index (χ2v) is 2.46. The lowest BCUT2D eigenvalue weighted by Gasteiger charge is -2.03. The van der Waals surface area contributed by atoms with Gasteiger partial charge in [0.15, 0.2) is 11.6 Å². The molecule has 0 aliphatic heterocycles. The minimum Gasteiger partial charge on any atom is -0.505 e. The van der Waals surface area contributed by atoms with Gasteiger partial charge in [-0.3, -0.25) is 0 Å². The third-order valence-corrected chi connectivity index (χ3v) is 1.61. The molecule has 0 aromatic heterocycles. The van der Waals surface area contributed by atoms with Gasteiger partial charge in [0, 0.05) is 5.56 Å². The molecule has 11 heavy (non-hydrogen) atoms. The summed E-state index contributed by atoms with van der Waals surface area (Å²) in [5, 5.41) is 8.95. The summed E-state index contributed by atoms with van der Waals surface area (Å²) in [4.78, 5) is 0. The lowest BCUT2D eigenvalue weighted by molar-refractivity contribution is 0.418. The van der Waals surface area contributed by atoms with Gasteiger partial charge in [-0.2, -0.15) is 0 Å². The van der Waals surface area contributed by atoms with Gasteiger partial charge in [0.1, 0.15) is 5.82 Å². The van der Waals surface area contributed by atoms with Gasteiger partial charge in [-0.25, -0.2) is 8.78 Å². The Bertz CT molecular complexity index is 268. The van der Waals surface area contributed by atoms with Crippen LogP contribution in [0.1, 0.15) is 11.1 Å². The van der Waals surface area contributed by atoms with E-state index in [1.807, 2.05) is 0 Å². The van der Waals surface area contributed by atoms with Gasteiger partial charge in [-0.05, 0) is 25.5 Å². The Hall–Kier alpha value is -1.12. The minimum atomic E-state index is -0.746. The molecule has 1 nitrogen and oxygen atoms in total. The first-order valence-corrected chi connectivity index (χ1v) is 3.18. The number of rotatable bonds is 0. The topological polar surface area (TPSA) is 20.2 Å². The quantitative estimate of drug-likeness (QED) is 0.614. The van der Waals surface area contributed by atoms with Crippen LogP contribution < -0.4 is 0 Å². The average Bonchev–Trinajstić information content (AvgIpc) is 1.97. The Morgan fingerprint density at radius 1 is 1.27 bits per heavy atom. The molecule has 0 aliphatic carbocycles. The number of phenolic OH excluding ortho intramolecular Hbond substituents is 1. The van der Waals surface area contributed by atoms with Gasteiger partial charge in [0.2, 0.25) is 0 Å². The van der Waals surface area contributed by atoms with Crippen LogP contribution in [0.5, 0.6) is 5.75 Å². The van der Waals surface area contributed by atoms with Crippen LogP contribution in [-0.4, -0.2) is 5.11 Å². The molecule has 0 unspecified atom stereocenters. The Balaban J connectivity index is 3.46. The highest BCUT2D eigenvalue weighted by Gasteiger charge is 2.11. The minimum absolute atomic E-state index is 0.0481. The van der Waals surface area contributed by atoms with E-state index in [0.717, 1.165) is 6.07 Å². The van der Waals surface area contributed by atoms with Crippen LogP contribution >= 0.6 is 0 Å². The average molecular weight is 158 g/mol. The van der Waals surface area contributed by atoms with Gasteiger partial charge < -0.3 is 5.11 Å². The third-order valence-electron chi connectivity index (χ3n) is 1.61. The van der Waals surface area contributed by atoms with E-state index >= 15 is 0 Å². The van der Waals surface area contributed by atoms with Gasteiger partial charge in [0.05, 0.1) is 0 Å². The molecule has 1 aromatic rings. The van der Waals surface area contributed by atoms with Crippen molar-refractivity contribution in [2.24, 2.45) is 0 Å². The van der Waals surface area contributed by atoms with E-state index in [1.165, 1.54) is 13.8 Å². The molecule has 0 bridgehead atoms. The maximum Gasteiger partial charge on any atom is 0.168 e. The summed E-state index contributed by atoms with van der Waals surface area (Å²) in [5.41, 5.74) is 0.0682. The largest absolute Gasteiger partial charge is 0.505 e. The first-order chi connectivity index (χ1) is 5.04. The summed E-state index contributed by atoms with van der Waals surface area (Å²) in [6, 6.07) is 1.06. The van der Waals surface area contributed by atoms with Crippen LogP contribution in [0.3, 0.4) is 0 Å². The maximum atomic E-state index is 12.8. The summed E-state index contributed by atoms with van der Waals surface area (Å²) in [6.07, 6.45) is 0. The highest BCUT2D eigenvalue weighted by Crippen LogP contribution is 2.25. The molecule has 0 spiro atoms.